The number of ether oxygens (including phenoxy) is 1. The maximum Gasteiger partial charge on any atom is 0.243 e. The quantitative estimate of drug-likeness (QED) is 0.922. The zero-order valence-electron chi connectivity index (χ0n) is 13.0. The molecule has 0 radical (unpaired) electrons. The minimum absolute atomic E-state index is 0.0839. The van der Waals surface area contributed by atoms with Crippen LogP contribution in [0.1, 0.15) is 37.4 Å². The van der Waals surface area contributed by atoms with Gasteiger partial charge in [0.2, 0.25) is 5.91 Å². The zero-order valence-corrected chi connectivity index (χ0v) is 13.0. The Morgan fingerprint density at radius 2 is 2.22 bits per heavy atom. The van der Waals surface area contributed by atoms with Crippen LogP contribution in [-0.4, -0.2) is 28.2 Å². The van der Waals surface area contributed by atoms with E-state index in [0.29, 0.717) is 6.61 Å². The van der Waals surface area contributed by atoms with Crippen molar-refractivity contribution in [3.05, 3.63) is 54.4 Å². The monoisotopic (exact) mass is 317 g/mol. The molecule has 0 saturated carbocycles. The molecule has 122 valence electrons. The van der Waals surface area contributed by atoms with Gasteiger partial charge < -0.3 is 14.6 Å². The van der Waals surface area contributed by atoms with Crippen molar-refractivity contribution in [2.75, 3.05) is 6.61 Å². The van der Waals surface area contributed by atoms with E-state index in [2.05, 4.69) is 10.3 Å². The molecule has 1 aromatic heterocycles. The number of hydrogen-bond acceptors (Lipinski definition) is 3. The van der Waals surface area contributed by atoms with Crippen LogP contribution in [-0.2, 0) is 9.53 Å². The van der Waals surface area contributed by atoms with E-state index in [9.17, 15) is 9.18 Å². The molecule has 2 heterocycles. The molecule has 1 aliphatic rings. The lowest BCUT2D eigenvalue weighted by molar-refractivity contribution is -0.125. The summed E-state index contributed by atoms with van der Waals surface area (Å²) in [6.07, 6.45) is 6.77. The number of halogens is 1. The van der Waals surface area contributed by atoms with Crippen LogP contribution in [0.5, 0.6) is 0 Å². The fourth-order valence-electron chi connectivity index (χ4n) is 2.83. The molecule has 0 unspecified atom stereocenters. The highest BCUT2D eigenvalue weighted by Crippen LogP contribution is 2.27. The number of amides is 1. The first kappa shape index (κ1) is 15.7. The molecule has 1 aliphatic heterocycles. The predicted molar refractivity (Wildman–Crippen MR) is 83.2 cm³/mol. The third-order valence-corrected chi connectivity index (χ3v) is 4.22. The normalized spacial score (nSPS) is 20.2. The average Bonchev–Trinajstić information content (AvgIpc) is 3.26. The Balaban J connectivity index is 1.78. The highest BCUT2D eigenvalue weighted by molar-refractivity contribution is 5.80. The smallest absolute Gasteiger partial charge is 0.243 e. The minimum atomic E-state index is -0.373. The molecule has 0 spiro atoms. The van der Waals surface area contributed by atoms with Crippen molar-refractivity contribution in [1.82, 2.24) is 14.9 Å². The molecule has 1 N–H and O–H groups in total. The van der Waals surface area contributed by atoms with Gasteiger partial charge in [0, 0.05) is 19.0 Å². The summed E-state index contributed by atoms with van der Waals surface area (Å²) in [5.74, 6) is -0.411. The van der Waals surface area contributed by atoms with Crippen LogP contribution >= 0.6 is 0 Å². The summed E-state index contributed by atoms with van der Waals surface area (Å²) in [5, 5.41) is 3.05. The third kappa shape index (κ3) is 3.59. The number of carbonyl (C=O) groups is 1. The molecule has 5 nitrogen and oxygen atoms in total. The first-order valence-electron chi connectivity index (χ1n) is 7.80. The van der Waals surface area contributed by atoms with Gasteiger partial charge in [0.25, 0.3) is 0 Å². The number of imidazole rings is 1. The number of aromatic nitrogens is 2. The molecule has 1 aromatic carbocycles. The van der Waals surface area contributed by atoms with Crippen LogP contribution in [0, 0.1) is 5.82 Å². The van der Waals surface area contributed by atoms with Crippen LogP contribution in [0.4, 0.5) is 4.39 Å². The van der Waals surface area contributed by atoms with Crippen molar-refractivity contribution in [2.24, 2.45) is 0 Å². The van der Waals surface area contributed by atoms with E-state index >= 15 is 0 Å². The highest BCUT2D eigenvalue weighted by Gasteiger charge is 2.30. The molecule has 2 aromatic rings. The molecule has 3 rings (SSSR count). The van der Waals surface area contributed by atoms with Crippen molar-refractivity contribution in [2.45, 2.75) is 38.0 Å². The van der Waals surface area contributed by atoms with E-state index in [4.69, 9.17) is 4.74 Å². The van der Waals surface area contributed by atoms with Gasteiger partial charge in [-0.05, 0) is 37.5 Å². The molecule has 1 saturated heterocycles. The summed E-state index contributed by atoms with van der Waals surface area (Å²) in [5.41, 5.74) is 0.851. The van der Waals surface area contributed by atoms with Crippen molar-refractivity contribution in [3.63, 3.8) is 0 Å². The number of nitrogens with zero attached hydrogens (tertiary/aromatic N) is 2. The van der Waals surface area contributed by atoms with E-state index in [1.165, 1.54) is 12.1 Å². The summed E-state index contributed by atoms with van der Waals surface area (Å²) >= 11 is 0. The fraction of sp³-hybridized carbons (Fsp3) is 0.412. The SMILES string of the molecule is C[C@H](C(=O)N[C@@H](c1ccc(F)cc1)[C@H]1CCCO1)n1ccnc1. The van der Waals surface area contributed by atoms with Crippen molar-refractivity contribution in [3.8, 4) is 0 Å². The van der Waals surface area contributed by atoms with E-state index < -0.39 is 0 Å². The van der Waals surface area contributed by atoms with E-state index in [-0.39, 0.29) is 29.9 Å². The molecule has 1 amide bonds. The van der Waals surface area contributed by atoms with Gasteiger partial charge in [-0.1, -0.05) is 12.1 Å². The lowest BCUT2D eigenvalue weighted by atomic mass is 9.99. The number of nitrogens with one attached hydrogen (secondary N) is 1. The van der Waals surface area contributed by atoms with E-state index in [1.807, 2.05) is 6.92 Å². The zero-order chi connectivity index (χ0) is 16.2. The van der Waals surface area contributed by atoms with Gasteiger partial charge in [0.05, 0.1) is 18.5 Å². The summed E-state index contributed by atoms with van der Waals surface area (Å²) in [7, 11) is 0. The molecule has 3 atom stereocenters. The van der Waals surface area contributed by atoms with Crippen molar-refractivity contribution >= 4 is 5.91 Å². The van der Waals surface area contributed by atoms with Crippen LogP contribution < -0.4 is 5.32 Å². The van der Waals surface area contributed by atoms with Crippen LogP contribution in [0.2, 0.25) is 0 Å². The topological polar surface area (TPSA) is 56.1 Å². The van der Waals surface area contributed by atoms with Crippen molar-refractivity contribution < 1.29 is 13.9 Å². The second kappa shape index (κ2) is 6.91. The second-order valence-electron chi connectivity index (χ2n) is 5.78. The van der Waals surface area contributed by atoms with Gasteiger partial charge in [-0.25, -0.2) is 9.37 Å². The Labute approximate surface area is 134 Å². The third-order valence-electron chi connectivity index (χ3n) is 4.22. The van der Waals surface area contributed by atoms with Crippen LogP contribution in [0.15, 0.2) is 43.0 Å². The standard InChI is InChI=1S/C17H20FN3O2/c1-12(21-9-8-19-11-21)17(22)20-16(15-3-2-10-23-15)13-4-6-14(18)7-5-13/h4-9,11-12,15-16H,2-3,10H2,1H3,(H,20,22)/t12-,15-,16+/m1/s1. The average molecular weight is 317 g/mol. The van der Waals surface area contributed by atoms with E-state index in [0.717, 1.165) is 18.4 Å². The van der Waals surface area contributed by atoms with Gasteiger partial charge in [-0.3, -0.25) is 4.79 Å². The summed E-state index contributed by atoms with van der Waals surface area (Å²) in [6, 6.07) is 5.55. The Bertz CT molecular complexity index is 636. The molecule has 6 heteroatoms. The number of hydrogen-bond donors (Lipinski definition) is 1. The summed E-state index contributed by atoms with van der Waals surface area (Å²) < 4.78 is 20.7. The molecular weight excluding hydrogens is 297 g/mol. The van der Waals surface area contributed by atoms with Gasteiger partial charge in [0.1, 0.15) is 11.9 Å². The second-order valence-corrected chi connectivity index (χ2v) is 5.78. The lowest BCUT2D eigenvalue weighted by Gasteiger charge is -2.26. The maximum absolute atomic E-state index is 13.2. The summed E-state index contributed by atoms with van der Waals surface area (Å²) in [6.45, 7) is 2.50. The summed E-state index contributed by atoms with van der Waals surface area (Å²) in [4.78, 5) is 16.5. The predicted octanol–water partition coefficient (Wildman–Crippen LogP) is 2.62. The Kier molecular flexibility index (Phi) is 4.71. The van der Waals surface area contributed by atoms with Gasteiger partial charge in [-0.2, -0.15) is 0 Å². The lowest BCUT2D eigenvalue weighted by Crippen LogP contribution is -2.39. The first-order chi connectivity index (χ1) is 11.1. The Hall–Kier alpha value is -2.21. The number of carbonyl (C=O) groups excluding carboxylic acids is 1. The Morgan fingerprint density at radius 3 is 2.83 bits per heavy atom. The maximum atomic E-state index is 13.2. The van der Waals surface area contributed by atoms with Crippen LogP contribution in [0.25, 0.3) is 0 Å². The van der Waals surface area contributed by atoms with Crippen molar-refractivity contribution in [1.29, 1.82) is 0 Å². The Morgan fingerprint density at radius 1 is 1.43 bits per heavy atom. The van der Waals surface area contributed by atoms with Crippen LogP contribution in [0.3, 0.4) is 0 Å². The fourth-order valence-corrected chi connectivity index (χ4v) is 2.83. The number of benzene rings is 1. The molecule has 23 heavy (non-hydrogen) atoms. The van der Waals surface area contributed by atoms with E-state index in [1.54, 1.807) is 35.4 Å². The number of rotatable bonds is 5. The molecule has 0 aliphatic carbocycles. The molecule has 0 bridgehead atoms. The minimum Gasteiger partial charge on any atom is -0.376 e. The van der Waals surface area contributed by atoms with Gasteiger partial charge >= 0.3 is 0 Å². The molecule has 1 fully saturated rings. The first-order valence-corrected chi connectivity index (χ1v) is 7.80. The largest absolute Gasteiger partial charge is 0.376 e. The van der Waals surface area contributed by atoms with Gasteiger partial charge in [0.15, 0.2) is 0 Å². The van der Waals surface area contributed by atoms with Gasteiger partial charge in [-0.15, -0.1) is 0 Å². The highest BCUT2D eigenvalue weighted by atomic mass is 19.1. The molecular formula is C17H20FN3O2.